The maximum absolute atomic E-state index is 12.5. The quantitative estimate of drug-likeness (QED) is 0.527. The molecule has 0 amide bonds. The highest BCUT2D eigenvalue weighted by Gasteiger charge is 2.21. The lowest BCUT2D eigenvalue weighted by molar-refractivity contribution is 0.0470. The third-order valence-electron chi connectivity index (χ3n) is 4.87. The second kappa shape index (κ2) is 6.44. The number of ether oxygens (including phenoxy) is 1. The second-order valence-electron chi connectivity index (χ2n) is 6.55. The molecule has 1 aliphatic carbocycles. The first-order valence-corrected chi connectivity index (χ1v) is 8.77. The maximum atomic E-state index is 12.5. The van der Waals surface area contributed by atoms with Crippen LogP contribution in [0.1, 0.15) is 51.8 Å². The van der Waals surface area contributed by atoms with Crippen molar-refractivity contribution in [1.82, 2.24) is 5.16 Å². The minimum absolute atomic E-state index is 0.00645. The monoisotopic (exact) mass is 353 g/mol. The normalized spacial score (nSPS) is 13.2. The zero-order chi connectivity index (χ0) is 18.3. The molecule has 0 saturated carbocycles. The topological polar surface area (TPSA) is 82.5 Å². The Labute approximate surface area is 149 Å². The molecule has 4 rings (SSSR count). The van der Waals surface area contributed by atoms with Gasteiger partial charge in [-0.1, -0.05) is 12.1 Å². The number of fused-ring (bicyclic) bond motifs is 2. The highest BCUT2D eigenvalue weighted by atomic mass is 16.5. The van der Waals surface area contributed by atoms with Crippen LogP contribution >= 0.6 is 0 Å². The summed E-state index contributed by atoms with van der Waals surface area (Å²) in [6.45, 7) is 3.57. The molecule has 1 aliphatic rings. The van der Waals surface area contributed by atoms with E-state index < -0.39 is 11.6 Å². The Bertz CT molecular complexity index is 1060. The average molecular weight is 353 g/mol. The number of rotatable bonds is 4. The molecule has 0 unspecified atom stereocenters. The molecular weight excluding hydrogens is 334 g/mol. The van der Waals surface area contributed by atoms with Crippen LogP contribution in [0.15, 0.2) is 31.9 Å². The van der Waals surface area contributed by atoms with E-state index in [9.17, 15) is 9.59 Å². The molecule has 0 saturated heterocycles. The summed E-state index contributed by atoms with van der Waals surface area (Å²) in [4.78, 5) is 24.4. The minimum Gasteiger partial charge on any atom is -0.457 e. The molecule has 0 atom stereocenters. The van der Waals surface area contributed by atoms with Gasteiger partial charge in [-0.15, -0.1) is 0 Å². The highest BCUT2D eigenvalue weighted by molar-refractivity contribution is 5.92. The number of nitrogens with zero attached hydrogens (tertiary/aromatic N) is 1. The predicted octanol–water partition coefficient (Wildman–Crippen LogP) is 3.50. The van der Waals surface area contributed by atoms with Gasteiger partial charge in [0.1, 0.15) is 23.5 Å². The van der Waals surface area contributed by atoms with E-state index in [0.717, 1.165) is 24.6 Å². The summed E-state index contributed by atoms with van der Waals surface area (Å²) in [5.41, 5.74) is 4.16. The first-order chi connectivity index (χ1) is 12.6. The van der Waals surface area contributed by atoms with Crippen LogP contribution in [0, 0.1) is 6.92 Å². The Morgan fingerprint density at radius 3 is 2.77 bits per heavy atom. The van der Waals surface area contributed by atoms with Gasteiger partial charge in [-0.3, -0.25) is 0 Å². The van der Waals surface area contributed by atoms with Crippen LogP contribution in [-0.4, -0.2) is 11.1 Å². The first-order valence-electron chi connectivity index (χ1n) is 8.77. The summed E-state index contributed by atoms with van der Waals surface area (Å²) < 4.78 is 15.9. The standard InChI is InChI=1S/C20H19NO5/c1-3-16-19(11(2)26-21-16)20(23)24-10-14-9-18(22)25-17-8-13-6-4-5-12(13)7-15(14)17/h7-9H,3-6,10H2,1-2H3. The van der Waals surface area contributed by atoms with Crippen molar-refractivity contribution in [3.8, 4) is 0 Å². The van der Waals surface area contributed by atoms with E-state index in [0.29, 0.717) is 34.6 Å². The van der Waals surface area contributed by atoms with Crippen LogP contribution in [-0.2, 0) is 30.6 Å². The summed E-state index contributed by atoms with van der Waals surface area (Å²) >= 11 is 0. The van der Waals surface area contributed by atoms with Crippen LogP contribution in [0.5, 0.6) is 0 Å². The Morgan fingerprint density at radius 2 is 2.00 bits per heavy atom. The van der Waals surface area contributed by atoms with E-state index >= 15 is 0 Å². The van der Waals surface area contributed by atoms with Crippen LogP contribution < -0.4 is 5.63 Å². The van der Waals surface area contributed by atoms with Crippen molar-refractivity contribution in [2.75, 3.05) is 0 Å². The number of aryl methyl sites for hydroxylation is 4. The van der Waals surface area contributed by atoms with Crippen molar-refractivity contribution in [1.29, 1.82) is 0 Å². The number of hydrogen-bond donors (Lipinski definition) is 0. The average Bonchev–Trinajstić information content (AvgIpc) is 3.23. The Hall–Kier alpha value is -2.89. The van der Waals surface area contributed by atoms with Gasteiger partial charge in [-0.25, -0.2) is 9.59 Å². The van der Waals surface area contributed by atoms with Gasteiger partial charge in [0, 0.05) is 17.0 Å². The molecule has 134 valence electrons. The van der Waals surface area contributed by atoms with Crippen LogP contribution in [0.4, 0.5) is 0 Å². The van der Waals surface area contributed by atoms with Crippen molar-refractivity contribution >= 4 is 16.9 Å². The summed E-state index contributed by atoms with van der Waals surface area (Å²) in [7, 11) is 0. The molecule has 0 fully saturated rings. The Balaban J connectivity index is 1.66. The van der Waals surface area contributed by atoms with Gasteiger partial charge >= 0.3 is 11.6 Å². The zero-order valence-corrected chi connectivity index (χ0v) is 14.8. The largest absolute Gasteiger partial charge is 0.457 e. The SMILES string of the molecule is CCc1noc(C)c1C(=O)OCc1cc(=O)oc2cc3c(cc12)CCC3. The van der Waals surface area contributed by atoms with E-state index in [4.69, 9.17) is 13.7 Å². The molecule has 0 radical (unpaired) electrons. The lowest BCUT2D eigenvalue weighted by Crippen LogP contribution is -2.10. The molecule has 1 aromatic carbocycles. The van der Waals surface area contributed by atoms with Gasteiger partial charge in [0.05, 0.1) is 5.69 Å². The molecule has 6 heteroatoms. The van der Waals surface area contributed by atoms with Gasteiger partial charge in [-0.05, 0) is 55.9 Å². The first kappa shape index (κ1) is 16.6. The fourth-order valence-corrected chi connectivity index (χ4v) is 3.55. The molecule has 0 N–H and O–H groups in total. The van der Waals surface area contributed by atoms with E-state index in [1.54, 1.807) is 6.92 Å². The molecule has 0 spiro atoms. The summed E-state index contributed by atoms with van der Waals surface area (Å²) in [5.74, 6) is -0.0646. The smallest absolute Gasteiger partial charge is 0.344 e. The van der Waals surface area contributed by atoms with E-state index in [-0.39, 0.29) is 6.61 Å². The zero-order valence-electron chi connectivity index (χ0n) is 14.8. The van der Waals surface area contributed by atoms with Crippen LogP contribution in [0.3, 0.4) is 0 Å². The van der Waals surface area contributed by atoms with E-state index in [2.05, 4.69) is 5.16 Å². The van der Waals surface area contributed by atoms with Crippen molar-refractivity contribution in [2.45, 2.75) is 46.1 Å². The molecule has 6 nitrogen and oxygen atoms in total. The number of carbonyl (C=O) groups excluding carboxylic acids is 1. The second-order valence-corrected chi connectivity index (χ2v) is 6.55. The number of benzene rings is 1. The van der Waals surface area contributed by atoms with Crippen molar-refractivity contribution in [3.63, 3.8) is 0 Å². The lowest BCUT2D eigenvalue weighted by atomic mass is 10.0. The van der Waals surface area contributed by atoms with E-state index in [1.807, 2.05) is 19.1 Å². The van der Waals surface area contributed by atoms with Crippen molar-refractivity contribution in [2.24, 2.45) is 0 Å². The number of aromatic nitrogens is 1. The van der Waals surface area contributed by atoms with E-state index in [1.165, 1.54) is 17.2 Å². The Morgan fingerprint density at radius 1 is 1.23 bits per heavy atom. The maximum Gasteiger partial charge on any atom is 0.344 e. The molecule has 2 heterocycles. The third-order valence-corrected chi connectivity index (χ3v) is 4.87. The summed E-state index contributed by atoms with van der Waals surface area (Å²) in [5, 5.41) is 4.69. The number of hydrogen-bond acceptors (Lipinski definition) is 6. The van der Waals surface area contributed by atoms with Crippen molar-refractivity contribution in [3.05, 3.63) is 62.3 Å². The summed E-state index contributed by atoms with van der Waals surface area (Å²) in [6.07, 6.45) is 3.70. The predicted molar refractivity (Wildman–Crippen MR) is 94.2 cm³/mol. The number of carbonyl (C=O) groups is 1. The molecule has 0 bridgehead atoms. The third kappa shape index (κ3) is 2.81. The van der Waals surface area contributed by atoms with Crippen molar-refractivity contribution < 1.29 is 18.5 Å². The van der Waals surface area contributed by atoms with Gasteiger partial charge in [0.25, 0.3) is 0 Å². The van der Waals surface area contributed by atoms with Crippen LogP contribution in [0.25, 0.3) is 11.0 Å². The fraction of sp³-hybridized carbons (Fsp3) is 0.350. The molecular formula is C20H19NO5. The summed E-state index contributed by atoms with van der Waals surface area (Å²) in [6, 6.07) is 5.37. The highest BCUT2D eigenvalue weighted by Crippen LogP contribution is 2.29. The molecule has 2 aromatic heterocycles. The molecule has 3 aromatic rings. The van der Waals surface area contributed by atoms with Gasteiger partial charge in [-0.2, -0.15) is 0 Å². The molecule has 0 aliphatic heterocycles. The van der Waals surface area contributed by atoms with Gasteiger partial charge in [0.15, 0.2) is 0 Å². The Kier molecular flexibility index (Phi) is 4.11. The minimum atomic E-state index is -0.497. The molecule has 26 heavy (non-hydrogen) atoms. The fourth-order valence-electron chi connectivity index (χ4n) is 3.55. The van der Waals surface area contributed by atoms with Gasteiger partial charge < -0.3 is 13.7 Å². The number of esters is 1. The van der Waals surface area contributed by atoms with Crippen LogP contribution in [0.2, 0.25) is 0 Å². The lowest BCUT2D eigenvalue weighted by Gasteiger charge is -2.09. The van der Waals surface area contributed by atoms with Gasteiger partial charge in [0.2, 0.25) is 0 Å².